The number of rotatable bonds is 5. The summed E-state index contributed by atoms with van der Waals surface area (Å²) in [5.41, 5.74) is 2.23. The Kier molecular flexibility index (Phi) is 5.20. The molecular weight excluding hydrogens is 336 g/mol. The third-order valence-electron chi connectivity index (χ3n) is 4.76. The lowest BCUT2D eigenvalue weighted by Gasteiger charge is -2.30. The summed E-state index contributed by atoms with van der Waals surface area (Å²) in [4.78, 5) is 48.5. The van der Waals surface area contributed by atoms with Crippen LogP contribution in [0.4, 0.5) is 4.79 Å². The Labute approximate surface area is 151 Å². The first-order chi connectivity index (χ1) is 12.5. The molecule has 3 N–H and O–H groups in total. The van der Waals surface area contributed by atoms with Crippen molar-refractivity contribution in [2.24, 2.45) is 0 Å². The van der Waals surface area contributed by atoms with Crippen LogP contribution in [0.3, 0.4) is 0 Å². The van der Waals surface area contributed by atoms with Crippen molar-refractivity contribution in [1.29, 1.82) is 0 Å². The van der Waals surface area contributed by atoms with Crippen molar-refractivity contribution in [2.45, 2.75) is 44.1 Å². The second kappa shape index (κ2) is 7.55. The highest BCUT2D eigenvalue weighted by atomic mass is 16.2. The summed E-state index contributed by atoms with van der Waals surface area (Å²) in [6.07, 6.45) is 4.08. The predicted octanol–water partition coefficient (Wildman–Crippen LogP) is 0.631. The molecule has 1 aliphatic carbocycles. The van der Waals surface area contributed by atoms with Gasteiger partial charge in [-0.3, -0.25) is 19.8 Å². The molecule has 1 spiro atoms. The number of hydrazine groups is 1. The molecule has 1 aromatic carbocycles. The van der Waals surface area contributed by atoms with E-state index in [0.29, 0.717) is 12.8 Å². The van der Waals surface area contributed by atoms with Crippen molar-refractivity contribution in [3.63, 3.8) is 0 Å². The van der Waals surface area contributed by atoms with Crippen molar-refractivity contribution >= 4 is 23.8 Å². The summed E-state index contributed by atoms with van der Waals surface area (Å²) in [6.45, 7) is -0.310. The van der Waals surface area contributed by atoms with Gasteiger partial charge >= 0.3 is 6.03 Å². The Hall–Kier alpha value is -2.90. The molecule has 0 radical (unpaired) electrons. The number of nitrogens with zero attached hydrogens (tertiary/aromatic N) is 1. The highest BCUT2D eigenvalue weighted by molar-refractivity contribution is 6.08. The number of imide groups is 1. The van der Waals surface area contributed by atoms with Crippen LogP contribution in [0.1, 0.15) is 37.7 Å². The van der Waals surface area contributed by atoms with E-state index >= 15 is 0 Å². The van der Waals surface area contributed by atoms with E-state index < -0.39 is 23.4 Å². The van der Waals surface area contributed by atoms with Crippen LogP contribution in [0.5, 0.6) is 0 Å². The van der Waals surface area contributed by atoms with E-state index in [4.69, 9.17) is 0 Å². The van der Waals surface area contributed by atoms with E-state index in [1.807, 2.05) is 30.3 Å². The highest BCUT2D eigenvalue weighted by Gasteiger charge is 2.52. The summed E-state index contributed by atoms with van der Waals surface area (Å²) in [7, 11) is 0. The Bertz CT molecular complexity index is 713. The van der Waals surface area contributed by atoms with Gasteiger partial charge in [0, 0.05) is 0 Å². The van der Waals surface area contributed by atoms with Gasteiger partial charge in [-0.05, 0) is 18.4 Å². The second-order valence-electron chi connectivity index (χ2n) is 6.69. The second-order valence-corrected chi connectivity index (χ2v) is 6.69. The molecule has 8 nitrogen and oxygen atoms in total. The minimum atomic E-state index is -0.890. The van der Waals surface area contributed by atoms with Crippen LogP contribution in [0.15, 0.2) is 30.3 Å². The number of urea groups is 1. The molecular formula is C18H22N4O4. The summed E-state index contributed by atoms with van der Waals surface area (Å²) < 4.78 is 0. The zero-order valence-electron chi connectivity index (χ0n) is 14.4. The van der Waals surface area contributed by atoms with Crippen LogP contribution < -0.4 is 16.1 Å². The Morgan fingerprint density at radius 1 is 1.04 bits per heavy atom. The van der Waals surface area contributed by atoms with E-state index in [2.05, 4.69) is 16.1 Å². The molecule has 3 rings (SSSR count). The largest absolute Gasteiger partial charge is 0.347 e. The minimum absolute atomic E-state index is 0.153. The van der Waals surface area contributed by atoms with Crippen LogP contribution >= 0.6 is 0 Å². The number of hydrogen-bond donors (Lipinski definition) is 3. The van der Waals surface area contributed by atoms with Gasteiger partial charge < -0.3 is 10.6 Å². The van der Waals surface area contributed by atoms with Gasteiger partial charge in [-0.15, -0.1) is 0 Å². The highest BCUT2D eigenvalue weighted by Crippen LogP contribution is 2.32. The molecule has 0 aromatic heterocycles. The number of amides is 5. The lowest BCUT2D eigenvalue weighted by atomic mass is 9.82. The molecule has 1 heterocycles. The fourth-order valence-corrected chi connectivity index (χ4v) is 3.40. The lowest BCUT2D eigenvalue weighted by molar-refractivity contribution is -0.139. The summed E-state index contributed by atoms with van der Waals surface area (Å²) in [5, 5.41) is 5.93. The molecule has 1 aromatic rings. The van der Waals surface area contributed by atoms with Crippen molar-refractivity contribution in [3.05, 3.63) is 35.9 Å². The van der Waals surface area contributed by atoms with Crippen molar-refractivity contribution in [2.75, 3.05) is 6.54 Å². The summed E-state index contributed by atoms with van der Waals surface area (Å²) in [6, 6.07) is 8.52. The zero-order chi connectivity index (χ0) is 18.6. The average Bonchev–Trinajstić information content (AvgIpc) is 2.85. The first kappa shape index (κ1) is 17.9. The lowest BCUT2D eigenvalue weighted by Crippen LogP contribution is -2.52. The number of carbonyl (C=O) groups excluding carboxylic acids is 4. The van der Waals surface area contributed by atoms with E-state index in [-0.39, 0.29) is 18.9 Å². The van der Waals surface area contributed by atoms with Gasteiger partial charge in [0.25, 0.3) is 11.8 Å². The molecule has 8 heteroatoms. The van der Waals surface area contributed by atoms with Gasteiger partial charge in [0.2, 0.25) is 5.91 Å². The number of benzene rings is 1. The van der Waals surface area contributed by atoms with Crippen molar-refractivity contribution < 1.29 is 19.2 Å². The van der Waals surface area contributed by atoms with E-state index in [9.17, 15) is 19.2 Å². The van der Waals surface area contributed by atoms with Gasteiger partial charge in [-0.2, -0.15) is 5.01 Å². The third-order valence-corrected chi connectivity index (χ3v) is 4.76. The number of nitrogens with one attached hydrogen (secondary N) is 3. The van der Waals surface area contributed by atoms with Crippen LogP contribution in [0, 0.1) is 0 Å². The molecule has 0 unspecified atom stereocenters. The fraction of sp³-hybridized carbons (Fsp3) is 0.444. The molecule has 138 valence electrons. The first-order valence-electron chi connectivity index (χ1n) is 8.77. The number of carbonyl (C=O) groups is 4. The molecule has 26 heavy (non-hydrogen) atoms. The van der Waals surface area contributed by atoms with E-state index in [0.717, 1.165) is 29.8 Å². The fourth-order valence-electron chi connectivity index (χ4n) is 3.40. The normalized spacial score (nSPS) is 18.5. The minimum Gasteiger partial charge on any atom is -0.347 e. The first-order valence-corrected chi connectivity index (χ1v) is 8.77. The van der Waals surface area contributed by atoms with Crippen LogP contribution in [0.25, 0.3) is 0 Å². The maximum Gasteiger partial charge on any atom is 0.344 e. The summed E-state index contributed by atoms with van der Waals surface area (Å²) in [5.74, 6) is -1.36. The maximum atomic E-state index is 12.5. The Balaban J connectivity index is 1.49. The molecule has 5 amide bonds. The standard InChI is InChI=1S/C18H22N4O4/c23-14(11-13-7-3-1-4-8-13)19-12-15(24)21-22-16(25)18(20-17(22)26)9-5-2-6-10-18/h1,3-4,7-8H,2,5-6,9-12H2,(H,19,23)(H,20,26)(H,21,24). The molecule has 1 saturated carbocycles. The monoisotopic (exact) mass is 358 g/mol. The van der Waals surface area contributed by atoms with Crippen LogP contribution in [-0.4, -0.2) is 40.8 Å². The molecule has 0 atom stereocenters. The third kappa shape index (κ3) is 3.84. The van der Waals surface area contributed by atoms with Gasteiger partial charge in [0.15, 0.2) is 0 Å². The van der Waals surface area contributed by atoms with E-state index in [1.165, 1.54) is 0 Å². The quantitative estimate of drug-likeness (QED) is 0.671. The molecule has 1 saturated heterocycles. The topological polar surface area (TPSA) is 108 Å². The van der Waals surface area contributed by atoms with Gasteiger partial charge in [-0.25, -0.2) is 4.79 Å². The maximum absolute atomic E-state index is 12.5. The summed E-state index contributed by atoms with van der Waals surface area (Å²) >= 11 is 0. The number of hydrogen-bond acceptors (Lipinski definition) is 4. The van der Waals surface area contributed by atoms with Gasteiger partial charge in [0.05, 0.1) is 13.0 Å². The van der Waals surface area contributed by atoms with E-state index in [1.54, 1.807) is 0 Å². The zero-order valence-corrected chi connectivity index (χ0v) is 14.4. The van der Waals surface area contributed by atoms with Crippen LogP contribution in [-0.2, 0) is 20.8 Å². The smallest absolute Gasteiger partial charge is 0.344 e. The molecule has 2 fully saturated rings. The van der Waals surface area contributed by atoms with Crippen molar-refractivity contribution in [3.8, 4) is 0 Å². The molecule has 2 aliphatic rings. The van der Waals surface area contributed by atoms with Gasteiger partial charge in [0.1, 0.15) is 5.54 Å². The van der Waals surface area contributed by atoms with Crippen LogP contribution in [0.2, 0.25) is 0 Å². The molecule has 0 bridgehead atoms. The van der Waals surface area contributed by atoms with Gasteiger partial charge in [-0.1, -0.05) is 49.6 Å². The molecule has 1 aliphatic heterocycles. The van der Waals surface area contributed by atoms with Crippen molar-refractivity contribution in [1.82, 2.24) is 21.1 Å². The SMILES string of the molecule is O=C(Cc1ccccc1)NCC(=O)NN1C(=O)NC2(CCCCC2)C1=O. The predicted molar refractivity (Wildman–Crippen MR) is 92.5 cm³/mol. The Morgan fingerprint density at radius 3 is 2.42 bits per heavy atom. The Morgan fingerprint density at radius 2 is 1.73 bits per heavy atom. The average molecular weight is 358 g/mol.